The second-order valence-corrected chi connectivity index (χ2v) is 3.87. The normalized spacial score (nSPS) is 14.1. The van der Waals surface area contributed by atoms with Crippen LogP contribution in [0.25, 0.3) is 0 Å². The second-order valence-electron chi connectivity index (χ2n) is 3.87. The van der Waals surface area contributed by atoms with E-state index >= 15 is 0 Å². The molecule has 0 fully saturated rings. The van der Waals surface area contributed by atoms with Gasteiger partial charge in [0.2, 0.25) is 0 Å². The molecule has 0 saturated carbocycles. The summed E-state index contributed by atoms with van der Waals surface area (Å²) >= 11 is 0. The van der Waals surface area contributed by atoms with Crippen molar-refractivity contribution in [2.75, 3.05) is 31.7 Å². The fraction of sp³-hybridized carbons (Fsp3) is 0.538. The predicted octanol–water partition coefficient (Wildman–Crippen LogP) is 2.46. The zero-order chi connectivity index (χ0) is 11.2. The fourth-order valence-electron chi connectivity index (χ4n) is 1.95. The van der Waals surface area contributed by atoms with Gasteiger partial charge in [0.25, 0.3) is 0 Å². The molecule has 0 bridgehead atoms. The average Bonchev–Trinajstić information content (AvgIpc) is 2.35. The highest BCUT2D eigenvalue weighted by atomic mass is 16.5. The van der Waals surface area contributed by atoms with E-state index in [2.05, 4.69) is 17.4 Å². The summed E-state index contributed by atoms with van der Waals surface area (Å²) < 4.78 is 11.0. The van der Waals surface area contributed by atoms with Gasteiger partial charge >= 0.3 is 0 Å². The molecule has 16 heavy (non-hydrogen) atoms. The van der Waals surface area contributed by atoms with Crippen molar-refractivity contribution >= 4 is 5.69 Å². The van der Waals surface area contributed by atoms with Crippen molar-refractivity contribution in [1.82, 2.24) is 0 Å². The van der Waals surface area contributed by atoms with Crippen molar-refractivity contribution in [2.24, 2.45) is 0 Å². The van der Waals surface area contributed by atoms with E-state index in [0.29, 0.717) is 13.2 Å². The number of benzene rings is 1. The Hall–Kier alpha value is -1.22. The molecule has 1 aliphatic heterocycles. The molecule has 0 atom stereocenters. The van der Waals surface area contributed by atoms with Crippen LogP contribution in [-0.4, -0.2) is 26.4 Å². The molecule has 1 heterocycles. The molecule has 0 saturated heterocycles. The van der Waals surface area contributed by atoms with Gasteiger partial charge in [-0.05, 0) is 31.4 Å². The van der Waals surface area contributed by atoms with E-state index in [1.807, 2.05) is 13.0 Å². The Morgan fingerprint density at radius 1 is 1.31 bits per heavy atom. The molecule has 3 nitrogen and oxygen atoms in total. The quantitative estimate of drug-likeness (QED) is 0.775. The van der Waals surface area contributed by atoms with E-state index in [-0.39, 0.29) is 0 Å². The van der Waals surface area contributed by atoms with E-state index in [9.17, 15) is 0 Å². The van der Waals surface area contributed by atoms with Gasteiger partial charge in [-0.15, -0.1) is 0 Å². The SMILES string of the molecule is CCOCCOc1cccc2c1NCCC2. The summed E-state index contributed by atoms with van der Waals surface area (Å²) in [5.74, 6) is 0.955. The zero-order valence-electron chi connectivity index (χ0n) is 9.79. The molecule has 0 spiro atoms. The molecule has 0 unspecified atom stereocenters. The van der Waals surface area contributed by atoms with E-state index < -0.39 is 0 Å². The van der Waals surface area contributed by atoms with Crippen LogP contribution in [0.4, 0.5) is 5.69 Å². The van der Waals surface area contributed by atoms with E-state index in [0.717, 1.165) is 25.3 Å². The summed E-state index contributed by atoms with van der Waals surface area (Å²) in [5.41, 5.74) is 2.53. The van der Waals surface area contributed by atoms with Gasteiger partial charge in [-0.2, -0.15) is 0 Å². The molecule has 1 aromatic rings. The van der Waals surface area contributed by atoms with Crippen LogP contribution in [0.5, 0.6) is 5.75 Å². The highest BCUT2D eigenvalue weighted by Crippen LogP contribution is 2.31. The van der Waals surface area contributed by atoms with Gasteiger partial charge < -0.3 is 14.8 Å². The molecule has 1 aromatic carbocycles. The van der Waals surface area contributed by atoms with Crippen LogP contribution in [-0.2, 0) is 11.2 Å². The topological polar surface area (TPSA) is 30.5 Å². The van der Waals surface area contributed by atoms with Gasteiger partial charge in [0.15, 0.2) is 0 Å². The first-order chi connectivity index (χ1) is 7.92. The van der Waals surface area contributed by atoms with E-state index in [1.54, 1.807) is 0 Å². The number of hydrogen-bond acceptors (Lipinski definition) is 3. The lowest BCUT2D eigenvalue weighted by molar-refractivity contribution is 0.110. The van der Waals surface area contributed by atoms with Crippen molar-refractivity contribution in [3.8, 4) is 5.75 Å². The maximum atomic E-state index is 5.72. The van der Waals surface area contributed by atoms with Crippen molar-refractivity contribution in [2.45, 2.75) is 19.8 Å². The van der Waals surface area contributed by atoms with Crippen LogP contribution >= 0.6 is 0 Å². The molecule has 88 valence electrons. The maximum absolute atomic E-state index is 5.72. The number of rotatable bonds is 5. The smallest absolute Gasteiger partial charge is 0.142 e. The van der Waals surface area contributed by atoms with Crippen LogP contribution < -0.4 is 10.1 Å². The third-order valence-electron chi connectivity index (χ3n) is 2.73. The minimum absolute atomic E-state index is 0.617. The van der Waals surface area contributed by atoms with Gasteiger partial charge in [0, 0.05) is 13.2 Å². The van der Waals surface area contributed by atoms with Crippen molar-refractivity contribution < 1.29 is 9.47 Å². The maximum Gasteiger partial charge on any atom is 0.142 e. The Morgan fingerprint density at radius 2 is 2.25 bits per heavy atom. The van der Waals surface area contributed by atoms with Gasteiger partial charge in [-0.1, -0.05) is 12.1 Å². The number of aryl methyl sites for hydroxylation is 1. The summed E-state index contributed by atoms with van der Waals surface area (Å²) in [6.45, 7) is 5.05. The first kappa shape index (κ1) is 11.3. The highest BCUT2D eigenvalue weighted by Gasteiger charge is 2.12. The van der Waals surface area contributed by atoms with E-state index in [4.69, 9.17) is 9.47 Å². The van der Waals surface area contributed by atoms with Crippen molar-refractivity contribution in [3.05, 3.63) is 23.8 Å². The molecule has 3 heteroatoms. The van der Waals surface area contributed by atoms with Crippen LogP contribution in [0, 0.1) is 0 Å². The molecule has 1 N–H and O–H groups in total. The van der Waals surface area contributed by atoms with Gasteiger partial charge in [-0.25, -0.2) is 0 Å². The number of hydrogen-bond donors (Lipinski definition) is 1. The van der Waals surface area contributed by atoms with Crippen LogP contribution in [0.15, 0.2) is 18.2 Å². The second kappa shape index (κ2) is 5.75. The number of fused-ring (bicyclic) bond motifs is 1. The molecule has 1 aliphatic rings. The minimum atomic E-state index is 0.617. The molecule has 0 radical (unpaired) electrons. The van der Waals surface area contributed by atoms with Crippen LogP contribution in [0.2, 0.25) is 0 Å². The first-order valence-electron chi connectivity index (χ1n) is 5.98. The summed E-state index contributed by atoms with van der Waals surface area (Å²) in [4.78, 5) is 0. The van der Waals surface area contributed by atoms with Gasteiger partial charge in [0.1, 0.15) is 12.4 Å². The number of ether oxygens (including phenoxy) is 2. The van der Waals surface area contributed by atoms with E-state index in [1.165, 1.54) is 17.7 Å². The Bertz CT molecular complexity index is 339. The molecule has 0 aromatic heterocycles. The summed E-state index contributed by atoms with van der Waals surface area (Å²) in [7, 11) is 0. The highest BCUT2D eigenvalue weighted by molar-refractivity contribution is 5.63. The molecular weight excluding hydrogens is 202 g/mol. The zero-order valence-corrected chi connectivity index (χ0v) is 9.79. The number of anilines is 1. The Morgan fingerprint density at radius 3 is 3.12 bits per heavy atom. The molecule has 2 rings (SSSR count). The Kier molecular flexibility index (Phi) is 4.05. The molecule has 0 amide bonds. The Labute approximate surface area is 96.8 Å². The van der Waals surface area contributed by atoms with Crippen molar-refractivity contribution in [1.29, 1.82) is 0 Å². The third kappa shape index (κ3) is 2.67. The minimum Gasteiger partial charge on any atom is -0.489 e. The fourth-order valence-corrected chi connectivity index (χ4v) is 1.95. The van der Waals surface area contributed by atoms with Crippen molar-refractivity contribution in [3.63, 3.8) is 0 Å². The lowest BCUT2D eigenvalue weighted by Crippen LogP contribution is -2.14. The number of para-hydroxylation sites is 1. The summed E-state index contributed by atoms with van der Waals surface area (Å²) in [6.07, 6.45) is 2.35. The monoisotopic (exact) mass is 221 g/mol. The largest absolute Gasteiger partial charge is 0.489 e. The lowest BCUT2D eigenvalue weighted by Gasteiger charge is -2.21. The summed E-state index contributed by atoms with van der Waals surface area (Å²) in [6, 6.07) is 6.24. The van der Waals surface area contributed by atoms with Crippen LogP contribution in [0.1, 0.15) is 18.9 Å². The standard InChI is InChI=1S/C13H19NO2/c1-2-15-9-10-16-12-7-3-5-11-6-4-8-14-13(11)12/h3,5,7,14H,2,4,6,8-10H2,1H3. The van der Waals surface area contributed by atoms with Crippen LogP contribution in [0.3, 0.4) is 0 Å². The first-order valence-corrected chi connectivity index (χ1v) is 5.98. The number of nitrogens with one attached hydrogen (secondary N) is 1. The molecular formula is C13H19NO2. The van der Waals surface area contributed by atoms with Gasteiger partial charge in [-0.3, -0.25) is 0 Å². The summed E-state index contributed by atoms with van der Waals surface area (Å²) in [5, 5.41) is 3.41. The molecule has 0 aliphatic carbocycles. The average molecular weight is 221 g/mol. The third-order valence-corrected chi connectivity index (χ3v) is 2.73. The predicted molar refractivity (Wildman–Crippen MR) is 65.2 cm³/mol. The lowest BCUT2D eigenvalue weighted by atomic mass is 10.0. The Balaban J connectivity index is 1.97. The van der Waals surface area contributed by atoms with Gasteiger partial charge in [0.05, 0.1) is 12.3 Å².